The maximum Gasteiger partial charge on any atom is 0.328 e. The predicted molar refractivity (Wildman–Crippen MR) is 93.6 cm³/mol. The number of aromatic nitrogens is 3. The second kappa shape index (κ2) is 6.79. The van der Waals surface area contributed by atoms with Crippen LogP contribution in [-0.2, 0) is 9.53 Å². The fourth-order valence-electron chi connectivity index (χ4n) is 2.79. The Balaban J connectivity index is 1.55. The van der Waals surface area contributed by atoms with Crippen LogP contribution in [0.25, 0.3) is 16.9 Å². The Morgan fingerprint density at radius 2 is 2.00 bits per heavy atom. The molecule has 1 saturated heterocycles. The molecule has 1 atom stereocenters. The second-order valence-electron chi connectivity index (χ2n) is 5.95. The maximum absolute atomic E-state index is 12.4. The van der Waals surface area contributed by atoms with Crippen LogP contribution in [0.1, 0.15) is 16.8 Å². The summed E-state index contributed by atoms with van der Waals surface area (Å²) in [6, 6.07) is 16.1. The number of cyclic esters (lactones) is 1. The van der Waals surface area contributed by atoms with Crippen molar-refractivity contribution in [1.82, 2.24) is 20.3 Å². The zero-order valence-corrected chi connectivity index (χ0v) is 13.8. The number of carbonyl (C=O) groups is 2. The van der Waals surface area contributed by atoms with Gasteiger partial charge in [0.25, 0.3) is 5.91 Å². The molecule has 1 aliphatic heterocycles. The average molecular weight is 348 g/mol. The minimum atomic E-state index is -0.581. The smallest absolute Gasteiger partial charge is 0.328 e. The normalized spacial score (nSPS) is 16.3. The van der Waals surface area contributed by atoms with Crippen molar-refractivity contribution < 1.29 is 14.3 Å². The van der Waals surface area contributed by atoms with E-state index in [1.807, 2.05) is 36.4 Å². The van der Waals surface area contributed by atoms with Gasteiger partial charge in [0.2, 0.25) is 0 Å². The monoisotopic (exact) mass is 348 g/mol. The number of ether oxygens (including phenoxy) is 1. The highest BCUT2D eigenvalue weighted by Crippen LogP contribution is 2.18. The van der Waals surface area contributed by atoms with E-state index in [-0.39, 0.29) is 5.91 Å². The van der Waals surface area contributed by atoms with Gasteiger partial charge in [0.1, 0.15) is 11.7 Å². The van der Waals surface area contributed by atoms with Crippen molar-refractivity contribution in [2.75, 3.05) is 6.61 Å². The molecule has 0 spiro atoms. The lowest BCUT2D eigenvalue weighted by atomic mass is 10.1. The lowest BCUT2D eigenvalue weighted by molar-refractivity contribution is -0.139. The van der Waals surface area contributed by atoms with E-state index in [1.54, 1.807) is 29.1 Å². The highest BCUT2D eigenvalue weighted by Gasteiger charge is 2.28. The van der Waals surface area contributed by atoms with Crippen LogP contribution in [0.2, 0.25) is 0 Å². The topological polar surface area (TPSA) is 86.1 Å². The van der Waals surface area contributed by atoms with Crippen LogP contribution >= 0.6 is 0 Å². The quantitative estimate of drug-likeness (QED) is 0.729. The molecular weight excluding hydrogens is 332 g/mol. The first-order chi connectivity index (χ1) is 12.7. The molecule has 0 bridgehead atoms. The van der Waals surface area contributed by atoms with Gasteiger partial charge in [0.15, 0.2) is 0 Å². The number of esters is 1. The van der Waals surface area contributed by atoms with E-state index in [9.17, 15) is 9.59 Å². The fourth-order valence-corrected chi connectivity index (χ4v) is 2.79. The van der Waals surface area contributed by atoms with Gasteiger partial charge in [0, 0.05) is 17.5 Å². The van der Waals surface area contributed by atoms with Crippen molar-refractivity contribution in [3.63, 3.8) is 0 Å². The van der Waals surface area contributed by atoms with E-state index in [0.717, 1.165) is 11.3 Å². The van der Waals surface area contributed by atoms with Gasteiger partial charge in [0.05, 0.1) is 18.5 Å². The minimum absolute atomic E-state index is 0.320. The minimum Gasteiger partial charge on any atom is -0.464 e. The first-order valence-corrected chi connectivity index (χ1v) is 8.26. The van der Waals surface area contributed by atoms with Gasteiger partial charge in [-0.2, -0.15) is 0 Å². The second-order valence-corrected chi connectivity index (χ2v) is 5.95. The third-order valence-electron chi connectivity index (χ3n) is 4.18. The highest BCUT2D eigenvalue weighted by atomic mass is 16.5. The van der Waals surface area contributed by atoms with E-state index < -0.39 is 12.0 Å². The van der Waals surface area contributed by atoms with Gasteiger partial charge in [-0.05, 0) is 18.2 Å². The Bertz CT molecular complexity index is 952. The van der Waals surface area contributed by atoms with Crippen LogP contribution in [0.15, 0.2) is 60.8 Å². The molecule has 1 fully saturated rings. The molecule has 0 aliphatic carbocycles. The number of nitrogens with zero attached hydrogens (tertiary/aromatic N) is 3. The Hall–Kier alpha value is -3.48. The Labute approximate surface area is 149 Å². The number of amides is 1. The molecule has 7 heteroatoms. The van der Waals surface area contributed by atoms with Crippen LogP contribution in [0, 0.1) is 0 Å². The number of rotatable bonds is 4. The molecule has 2 heterocycles. The zero-order chi connectivity index (χ0) is 17.9. The van der Waals surface area contributed by atoms with Gasteiger partial charge in [-0.15, -0.1) is 5.10 Å². The largest absolute Gasteiger partial charge is 0.464 e. The van der Waals surface area contributed by atoms with Gasteiger partial charge < -0.3 is 10.1 Å². The molecular formula is C19H16N4O3. The summed E-state index contributed by atoms with van der Waals surface area (Å²) in [6.07, 6.45) is 2.30. The number of hydrogen-bond donors (Lipinski definition) is 1. The summed E-state index contributed by atoms with van der Waals surface area (Å²) in [5.41, 5.74) is 2.86. The molecule has 26 heavy (non-hydrogen) atoms. The van der Waals surface area contributed by atoms with Crippen molar-refractivity contribution in [2.24, 2.45) is 0 Å². The van der Waals surface area contributed by atoms with Crippen molar-refractivity contribution in [3.05, 3.63) is 66.4 Å². The number of nitrogens with one attached hydrogen (secondary N) is 1. The van der Waals surface area contributed by atoms with Crippen molar-refractivity contribution in [2.45, 2.75) is 12.5 Å². The van der Waals surface area contributed by atoms with Gasteiger partial charge in [-0.25, -0.2) is 9.48 Å². The molecule has 1 aliphatic rings. The predicted octanol–water partition coefficient (Wildman–Crippen LogP) is 1.98. The molecule has 2 aromatic carbocycles. The summed E-state index contributed by atoms with van der Waals surface area (Å²) in [4.78, 5) is 23.9. The zero-order valence-electron chi connectivity index (χ0n) is 13.8. The van der Waals surface area contributed by atoms with E-state index >= 15 is 0 Å². The standard InChI is InChI=1S/C19H16N4O3/c24-18(20-16-9-10-26-19(16)25)14-7-4-8-15(11-14)23-12-17(21-22-23)13-5-2-1-3-6-13/h1-8,11-12,16H,9-10H2,(H,20,24)/t16-/m0/s1. The Morgan fingerprint density at radius 3 is 2.77 bits per heavy atom. The van der Waals surface area contributed by atoms with Crippen LogP contribution in [0.4, 0.5) is 0 Å². The molecule has 1 amide bonds. The van der Waals surface area contributed by atoms with Crippen LogP contribution < -0.4 is 5.32 Å². The summed E-state index contributed by atoms with van der Waals surface area (Å²) >= 11 is 0. The van der Waals surface area contributed by atoms with Gasteiger partial charge >= 0.3 is 5.97 Å². The molecule has 0 radical (unpaired) electrons. The van der Waals surface area contributed by atoms with Gasteiger partial charge in [-0.1, -0.05) is 41.6 Å². The van der Waals surface area contributed by atoms with Crippen LogP contribution in [0.3, 0.4) is 0 Å². The van der Waals surface area contributed by atoms with Crippen LogP contribution in [0.5, 0.6) is 0 Å². The SMILES string of the molecule is O=C(N[C@H]1CCOC1=O)c1cccc(-n2cc(-c3ccccc3)nn2)c1. The Morgan fingerprint density at radius 1 is 1.15 bits per heavy atom. The van der Waals surface area contributed by atoms with Gasteiger partial charge in [-0.3, -0.25) is 4.79 Å². The summed E-state index contributed by atoms with van der Waals surface area (Å²) in [7, 11) is 0. The lowest BCUT2D eigenvalue weighted by Crippen LogP contribution is -2.37. The summed E-state index contributed by atoms with van der Waals surface area (Å²) < 4.78 is 6.48. The van der Waals surface area contributed by atoms with Crippen LogP contribution in [-0.4, -0.2) is 39.5 Å². The highest BCUT2D eigenvalue weighted by molar-refractivity contribution is 5.97. The first-order valence-electron chi connectivity index (χ1n) is 8.26. The average Bonchev–Trinajstić information content (AvgIpc) is 3.32. The first kappa shape index (κ1) is 16.0. The molecule has 0 saturated carbocycles. The summed E-state index contributed by atoms with van der Waals surface area (Å²) in [5.74, 6) is -0.711. The number of benzene rings is 2. The third kappa shape index (κ3) is 3.19. The van der Waals surface area contributed by atoms with Crippen molar-refractivity contribution in [1.29, 1.82) is 0 Å². The molecule has 130 valence electrons. The number of hydrogen-bond acceptors (Lipinski definition) is 5. The maximum atomic E-state index is 12.4. The lowest BCUT2D eigenvalue weighted by Gasteiger charge is -2.09. The molecule has 1 N–H and O–H groups in total. The molecule has 1 aromatic heterocycles. The van der Waals surface area contributed by atoms with E-state index in [2.05, 4.69) is 15.6 Å². The molecule has 7 nitrogen and oxygen atoms in total. The Kier molecular flexibility index (Phi) is 4.18. The molecule has 4 rings (SSSR count). The van der Waals surface area contributed by atoms with E-state index in [4.69, 9.17) is 4.74 Å². The fraction of sp³-hybridized carbons (Fsp3) is 0.158. The van der Waals surface area contributed by atoms with Crippen molar-refractivity contribution in [3.8, 4) is 16.9 Å². The third-order valence-corrected chi connectivity index (χ3v) is 4.18. The summed E-state index contributed by atoms with van der Waals surface area (Å²) in [5, 5.41) is 11.0. The van der Waals surface area contributed by atoms with Crippen molar-refractivity contribution >= 4 is 11.9 Å². The van der Waals surface area contributed by atoms with E-state index in [1.165, 1.54) is 0 Å². The van der Waals surface area contributed by atoms with E-state index in [0.29, 0.717) is 24.3 Å². The summed E-state index contributed by atoms with van der Waals surface area (Å²) in [6.45, 7) is 0.338. The molecule has 3 aromatic rings. The molecule has 0 unspecified atom stereocenters. The number of carbonyl (C=O) groups excluding carboxylic acids is 2.